The van der Waals surface area contributed by atoms with E-state index in [2.05, 4.69) is 20.4 Å². The minimum Gasteiger partial charge on any atom is -0.362 e. The molecular weight excluding hydrogens is 423 g/mol. The maximum absolute atomic E-state index is 13.2. The Kier molecular flexibility index (Phi) is 5.96. The average Bonchev–Trinajstić information content (AvgIpc) is 3.31. The number of carbonyl (C=O) groups is 1. The normalized spacial score (nSPS) is 19.3. The molecule has 1 amide bonds. The largest absolute Gasteiger partial charge is 0.438 e. The van der Waals surface area contributed by atoms with Crippen LogP contribution in [-0.4, -0.2) is 64.4 Å². The molecule has 1 aliphatic heterocycles. The number of hydrazone groups is 1. The molecule has 0 unspecified atom stereocenters. The van der Waals surface area contributed by atoms with Gasteiger partial charge in [-0.3, -0.25) is 9.48 Å². The van der Waals surface area contributed by atoms with Crippen molar-refractivity contribution in [3.63, 3.8) is 0 Å². The van der Waals surface area contributed by atoms with Crippen molar-refractivity contribution in [1.29, 1.82) is 0 Å². The van der Waals surface area contributed by atoms with Gasteiger partial charge < -0.3 is 9.67 Å². The summed E-state index contributed by atoms with van der Waals surface area (Å²) in [6, 6.07) is 1.85. The van der Waals surface area contributed by atoms with Crippen LogP contribution < -0.4 is 0 Å². The van der Waals surface area contributed by atoms with E-state index >= 15 is 0 Å². The number of halogens is 3. The van der Waals surface area contributed by atoms with Gasteiger partial charge in [0.05, 0.1) is 5.75 Å². The van der Waals surface area contributed by atoms with Gasteiger partial charge in [-0.25, -0.2) is 0 Å². The van der Waals surface area contributed by atoms with E-state index in [-0.39, 0.29) is 10.9 Å². The zero-order valence-electron chi connectivity index (χ0n) is 16.9. The van der Waals surface area contributed by atoms with Crippen LogP contribution in [0.1, 0.15) is 26.0 Å². The fourth-order valence-electron chi connectivity index (χ4n) is 2.91. The van der Waals surface area contributed by atoms with Crippen molar-refractivity contribution < 1.29 is 23.1 Å². The molecule has 0 saturated heterocycles. The van der Waals surface area contributed by atoms with Gasteiger partial charge in [-0.2, -0.15) is 28.4 Å². The molecule has 1 aliphatic rings. The molecule has 3 rings (SSSR count). The summed E-state index contributed by atoms with van der Waals surface area (Å²) in [6.07, 6.45) is -4.95. The zero-order valence-corrected chi connectivity index (χ0v) is 17.7. The Hall–Kier alpha value is -2.41. The lowest BCUT2D eigenvalue weighted by Gasteiger charge is -2.32. The number of amides is 1. The number of aryl methyl sites for hydroxylation is 2. The number of nitrogens with zero attached hydrogens (tertiary/aromatic N) is 7. The van der Waals surface area contributed by atoms with E-state index in [1.165, 1.54) is 0 Å². The van der Waals surface area contributed by atoms with Crippen molar-refractivity contribution in [2.24, 2.45) is 18.1 Å². The molecule has 0 spiro atoms. The van der Waals surface area contributed by atoms with Crippen molar-refractivity contribution >= 4 is 23.9 Å². The number of thioether (sulfide) groups is 1. The number of rotatable bonds is 6. The van der Waals surface area contributed by atoms with Gasteiger partial charge in [0.25, 0.3) is 11.6 Å². The summed E-state index contributed by atoms with van der Waals surface area (Å²) in [5, 5.41) is 26.5. The highest BCUT2D eigenvalue weighted by molar-refractivity contribution is 7.99. The van der Waals surface area contributed by atoms with Crippen LogP contribution in [0.15, 0.2) is 16.3 Å². The second-order valence-electron chi connectivity index (χ2n) is 7.42. The molecule has 2 aromatic rings. The summed E-state index contributed by atoms with van der Waals surface area (Å²) >= 11 is 0.933. The summed E-state index contributed by atoms with van der Waals surface area (Å²) < 4.78 is 43.0. The Morgan fingerprint density at radius 3 is 2.63 bits per heavy atom. The average molecular weight is 445 g/mol. The van der Waals surface area contributed by atoms with Crippen LogP contribution in [-0.2, 0) is 18.4 Å². The predicted molar refractivity (Wildman–Crippen MR) is 103 cm³/mol. The fraction of sp³-hybridized carbons (Fsp3) is 0.588. The molecule has 0 aromatic carbocycles. The van der Waals surface area contributed by atoms with Crippen molar-refractivity contribution in [3.8, 4) is 11.5 Å². The predicted octanol–water partition coefficient (Wildman–Crippen LogP) is 2.20. The zero-order chi connectivity index (χ0) is 22.3. The van der Waals surface area contributed by atoms with Gasteiger partial charge in [0, 0.05) is 31.9 Å². The molecule has 0 aliphatic carbocycles. The number of aromatic nitrogens is 5. The van der Waals surface area contributed by atoms with Crippen LogP contribution in [0, 0.1) is 12.8 Å². The Morgan fingerprint density at radius 2 is 2.07 bits per heavy atom. The monoisotopic (exact) mass is 445 g/mol. The molecule has 0 radical (unpaired) electrons. The van der Waals surface area contributed by atoms with Gasteiger partial charge in [-0.15, -0.1) is 10.2 Å². The molecule has 13 heteroatoms. The summed E-state index contributed by atoms with van der Waals surface area (Å²) in [4.78, 5) is 12.4. The third-order valence-corrected chi connectivity index (χ3v) is 5.50. The molecule has 1 atom stereocenters. The number of alkyl halides is 3. The highest BCUT2D eigenvalue weighted by Crippen LogP contribution is 2.39. The Morgan fingerprint density at radius 1 is 1.37 bits per heavy atom. The van der Waals surface area contributed by atoms with Gasteiger partial charge in [-0.05, 0) is 18.9 Å². The second kappa shape index (κ2) is 8.02. The first-order chi connectivity index (χ1) is 13.9. The lowest BCUT2D eigenvalue weighted by molar-refractivity contribution is -0.301. The topological polar surface area (TPSA) is 101 Å². The van der Waals surface area contributed by atoms with Gasteiger partial charge in [0.15, 0.2) is 11.0 Å². The standard InChI is InChI=1S/C17H22F3N7O2S/c1-10(2)8-26-14(12-7-11(3)25(4)24-12)22-23-15(26)30-9-13(28)27-16(29,5-6-21-27)17(18,19)20/h6-7,10,29H,5,8-9H2,1-4H3/t16-/m0/s1. The first-order valence-corrected chi connectivity index (χ1v) is 10.1. The highest BCUT2D eigenvalue weighted by atomic mass is 32.2. The van der Waals surface area contributed by atoms with Gasteiger partial charge in [0.2, 0.25) is 0 Å². The molecule has 0 bridgehead atoms. The summed E-state index contributed by atoms with van der Waals surface area (Å²) in [6.45, 7) is 6.42. The fourth-order valence-corrected chi connectivity index (χ4v) is 3.70. The van der Waals surface area contributed by atoms with Gasteiger partial charge in [0.1, 0.15) is 5.69 Å². The molecule has 0 saturated carbocycles. The number of hydrogen-bond acceptors (Lipinski definition) is 7. The van der Waals surface area contributed by atoms with E-state index in [1.54, 1.807) is 16.3 Å². The quantitative estimate of drug-likeness (QED) is 0.684. The van der Waals surface area contributed by atoms with E-state index in [0.29, 0.717) is 23.2 Å². The molecule has 2 aromatic heterocycles. The molecule has 30 heavy (non-hydrogen) atoms. The minimum absolute atomic E-state index is 0.0895. The van der Waals surface area contributed by atoms with Crippen LogP contribution in [0.3, 0.4) is 0 Å². The van der Waals surface area contributed by atoms with E-state index in [9.17, 15) is 23.1 Å². The molecular formula is C17H22F3N7O2S. The third kappa shape index (κ3) is 4.08. The van der Waals surface area contributed by atoms with E-state index in [1.807, 2.05) is 26.8 Å². The van der Waals surface area contributed by atoms with Crippen molar-refractivity contribution in [1.82, 2.24) is 29.6 Å². The molecule has 164 valence electrons. The maximum atomic E-state index is 13.2. The van der Waals surface area contributed by atoms with Crippen molar-refractivity contribution in [3.05, 3.63) is 11.8 Å². The van der Waals surface area contributed by atoms with Gasteiger partial charge in [-0.1, -0.05) is 25.6 Å². The Labute approximate surface area is 174 Å². The number of hydrogen-bond donors (Lipinski definition) is 1. The van der Waals surface area contributed by atoms with E-state index in [4.69, 9.17) is 0 Å². The number of aliphatic hydroxyl groups is 1. The minimum atomic E-state index is -5.02. The maximum Gasteiger partial charge on any atom is 0.438 e. The smallest absolute Gasteiger partial charge is 0.362 e. The summed E-state index contributed by atoms with van der Waals surface area (Å²) in [7, 11) is 1.80. The van der Waals surface area contributed by atoms with Crippen molar-refractivity contribution in [2.75, 3.05) is 5.75 Å². The van der Waals surface area contributed by atoms with Crippen molar-refractivity contribution in [2.45, 2.75) is 50.8 Å². The third-order valence-electron chi connectivity index (χ3n) is 4.55. The molecule has 1 N–H and O–H groups in total. The van der Waals surface area contributed by atoms with Gasteiger partial charge >= 0.3 is 6.18 Å². The SMILES string of the molecule is Cc1cc(-c2nnc(SCC(=O)N3N=CC[C@]3(O)C(F)(F)F)n2CC(C)C)nn1C. The summed E-state index contributed by atoms with van der Waals surface area (Å²) in [5.74, 6) is -0.651. The Bertz CT molecular complexity index is 950. The molecule has 0 fully saturated rings. The summed E-state index contributed by atoms with van der Waals surface area (Å²) in [5.41, 5.74) is -1.80. The lowest BCUT2D eigenvalue weighted by atomic mass is 10.1. The lowest BCUT2D eigenvalue weighted by Crippen LogP contribution is -2.56. The Balaban J connectivity index is 1.81. The van der Waals surface area contributed by atoms with E-state index in [0.717, 1.165) is 23.7 Å². The van der Waals surface area contributed by atoms with Crippen LogP contribution in [0.4, 0.5) is 13.2 Å². The first-order valence-electron chi connectivity index (χ1n) is 9.15. The molecule has 9 nitrogen and oxygen atoms in total. The first kappa shape index (κ1) is 22.3. The second-order valence-corrected chi connectivity index (χ2v) is 8.36. The van der Waals surface area contributed by atoms with Crippen LogP contribution in [0.5, 0.6) is 0 Å². The van der Waals surface area contributed by atoms with E-state index < -0.39 is 30.0 Å². The highest BCUT2D eigenvalue weighted by Gasteiger charge is 2.61. The van der Waals surface area contributed by atoms with Crippen LogP contribution in [0.25, 0.3) is 11.5 Å². The number of carbonyl (C=O) groups excluding carboxylic acids is 1. The van der Waals surface area contributed by atoms with Crippen LogP contribution >= 0.6 is 11.8 Å². The van der Waals surface area contributed by atoms with Crippen LogP contribution in [0.2, 0.25) is 0 Å². The molecule has 3 heterocycles.